The van der Waals surface area contributed by atoms with Gasteiger partial charge in [0.15, 0.2) is 5.69 Å². The van der Waals surface area contributed by atoms with Crippen LogP contribution in [0, 0.1) is 13.8 Å². The van der Waals surface area contributed by atoms with Crippen molar-refractivity contribution in [1.29, 1.82) is 0 Å². The molecule has 4 rings (SSSR count). The maximum Gasteiger partial charge on any atom is 0.273 e. The van der Waals surface area contributed by atoms with E-state index in [4.69, 9.17) is 11.6 Å². The lowest BCUT2D eigenvalue weighted by Crippen LogP contribution is -2.23. The zero-order chi connectivity index (χ0) is 20.4. The van der Waals surface area contributed by atoms with Gasteiger partial charge in [-0.2, -0.15) is 0 Å². The number of carbonyl (C=O) groups is 1. The molecule has 0 aliphatic rings. The van der Waals surface area contributed by atoms with E-state index in [-0.39, 0.29) is 18.1 Å². The Morgan fingerprint density at radius 3 is 2.69 bits per heavy atom. The summed E-state index contributed by atoms with van der Waals surface area (Å²) in [6.45, 7) is 4.62. The number of hydrogen-bond acceptors (Lipinski definition) is 5. The number of carbonyl (C=O) groups excluding carboxylic acids is 1. The molecule has 0 saturated carbocycles. The molecule has 4 aromatic rings. The number of aromatic nitrogens is 5. The van der Waals surface area contributed by atoms with Gasteiger partial charge in [-0.05, 0) is 43.7 Å². The SMILES string of the molecule is Cc1ccc(CNC(=O)c2cn(Cc3ccc4nc(C)ccc4c3)nn2)c(Cl)n1. The average Bonchev–Trinajstić information content (AvgIpc) is 3.16. The first-order valence-corrected chi connectivity index (χ1v) is 9.52. The Bertz CT molecular complexity index is 1200. The quantitative estimate of drug-likeness (QED) is 0.513. The molecule has 1 amide bonds. The van der Waals surface area contributed by atoms with Gasteiger partial charge in [0.1, 0.15) is 5.15 Å². The first-order valence-electron chi connectivity index (χ1n) is 9.14. The van der Waals surface area contributed by atoms with Gasteiger partial charge in [0.05, 0.1) is 18.3 Å². The van der Waals surface area contributed by atoms with Crippen molar-refractivity contribution in [2.24, 2.45) is 0 Å². The van der Waals surface area contributed by atoms with Crippen molar-refractivity contribution in [2.45, 2.75) is 26.9 Å². The summed E-state index contributed by atoms with van der Waals surface area (Å²) in [5.41, 5.74) is 4.82. The number of nitrogens with one attached hydrogen (secondary N) is 1. The maximum absolute atomic E-state index is 12.4. The number of fused-ring (bicyclic) bond motifs is 1. The largest absolute Gasteiger partial charge is 0.346 e. The lowest BCUT2D eigenvalue weighted by atomic mass is 10.1. The van der Waals surface area contributed by atoms with Crippen molar-refractivity contribution in [2.75, 3.05) is 0 Å². The van der Waals surface area contributed by atoms with Crippen molar-refractivity contribution in [3.63, 3.8) is 0 Å². The first kappa shape index (κ1) is 19.0. The minimum Gasteiger partial charge on any atom is -0.346 e. The maximum atomic E-state index is 12.4. The van der Waals surface area contributed by atoms with Crippen molar-refractivity contribution in [1.82, 2.24) is 30.3 Å². The summed E-state index contributed by atoms with van der Waals surface area (Å²) in [4.78, 5) is 21.1. The number of hydrogen-bond donors (Lipinski definition) is 1. The fraction of sp³-hybridized carbons (Fsp3) is 0.190. The first-order chi connectivity index (χ1) is 14.0. The summed E-state index contributed by atoms with van der Waals surface area (Å²) in [5, 5.41) is 12.3. The summed E-state index contributed by atoms with van der Waals surface area (Å²) in [6, 6.07) is 13.8. The van der Waals surface area contributed by atoms with Crippen LogP contribution in [0.25, 0.3) is 10.9 Å². The normalized spacial score (nSPS) is 11.0. The van der Waals surface area contributed by atoms with E-state index >= 15 is 0 Å². The number of amides is 1. The molecule has 0 bridgehead atoms. The molecule has 146 valence electrons. The van der Waals surface area contributed by atoms with Crippen LogP contribution in [0.5, 0.6) is 0 Å². The van der Waals surface area contributed by atoms with Crippen LogP contribution < -0.4 is 5.32 Å². The van der Waals surface area contributed by atoms with Crippen molar-refractivity contribution in [3.8, 4) is 0 Å². The van der Waals surface area contributed by atoms with E-state index in [1.165, 1.54) is 0 Å². The Morgan fingerprint density at radius 2 is 1.86 bits per heavy atom. The zero-order valence-corrected chi connectivity index (χ0v) is 16.8. The number of aryl methyl sites for hydroxylation is 2. The van der Waals surface area contributed by atoms with Gasteiger partial charge in [-0.25, -0.2) is 9.67 Å². The highest BCUT2D eigenvalue weighted by molar-refractivity contribution is 6.30. The lowest BCUT2D eigenvalue weighted by Gasteiger charge is -2.05. The molecule has 0 atom stereocenters. The fourth-order valence-corrected chi connectivity index (χ4v) is 3.26. The Kier molecular flexibility index (Phi) is 5.22. The Labute approximate surface area is 172 Å². The average molecular weight is 407 g/mol. The summed E-state index contributed by atoms with van der Waals surface area (Å²) < 4.78 is 1.64. The van der Waals surface area contributed by atoms with Crippen LogP contribution in [-0.4, -0.2) is 30.9 Å². The van der Waals surface area contributed by atoms with E-state index in [1.54, 1.807) is 10.9 Å². The molecule has 0 radical (unpaired) electrons. The Hall–Kier alpha value is -3.32. The highest BCUT2D eigenvalue weighted by Gasteiger charge is 2.12. The van der Waals surface area contributed by atoms with Crippen molar-refractivity contribution in [3.05, 3.63) is 82.0 Å². The third-order valence-electron chi connectivity index (χ3n) is 4.51. The van der Waals surface area contributed by atoms with Crippen LogP contribution in [0.1, 0.15) is 33.0 Å². The van der Waals surface area contributed by atoms with Gasteiger partial charge >= 0.3 is 0 Å². The molecule has 0 unspecified atom stereocenters. The number of nitrogens with zero attached hydrogens (tertiary/aromatic N) is 5. The highest BCUT2D eigenvalue weighted by Crippen LogP contribution is 2.16. The van der Waals surface area contributed by atoms with Crippen LogP contribution >= 0.6 is 11.6 Å². The van der Waals surface area contributed by atoms with Gasteiger partial charge in [0.2, 0.25) is 0 Å². The third kappa shape index (κ3) is 4.41. The molecule has 3 heterocycles. The second kappa shape index (κ2) is 7.97. The number of benzene rings is 1. The minimum absolute atomic E-state index is 0.249. The number of pyridine rings is 2. The van der Waals surface area contributed by atoms with Crippen LogP contribution in [0.15, 0.2) is 48.7 Å². The molecule has 0 saturated heterocycles. The van der Waals surface area contributed by atoms with Gasteiger partial charge in [0.25, 0.3) is 5.91 Å². The van der Waals surface area contributed by atoms with E-state index in [0.717, 1.165) is 33.4 Å². The van der Waals surface area contributed by atoms with Gasteiger partial charge in [-0.15, -0.1) is 5.10 Å². The van der Waals surface area contributed by atoms with Crippen molar-refractivity contribution < 1.29 is 4.79 Å². The van der Waals surface area contributed by atoms with E-state index in [0.29, 0.717) is 11.7 Å². The number of rotatable bonds is 5. The number of halogens is 1. The molecule has 1 aromatic carbocycles. The van der Waals surface area contributed by atoms with Gasteiger partial charge in [-0.1, -0.05) is 35.0 Å². The molecular formula is C21H19ClN6O. The molecule has 0 aliphatic carbocycles. The predicted molar refractivity (Wildman–Crippen MR) is 111 cm³/mol. The molecule has 0 aliphatic heterocycles. The van der Waals surface area contributed by atoms with Crippen LogP contribution in [0.3, 0.4) is 0 Å². The van der Waals surface area contributed by atoms with Gasteiger partial charge < -0.3 is 5.32 Å². The molecule has 8 heteroatoms. The van der Waals surface area contributed by atoms with E-state index < -0.39 is 0 Å². The van der Waals surface area contributed by atoms with Crippen LogP contribution in [0.4, 0.5) is 0 Å². The molecule has 0 spiro atoms. The van der Waals surface area contributed by atoms with E-state index in [9.17, 15) is 4.79 Å². The predicted octanol–water partition coefficient (Wildman–Crippen LogP) is 3.47. The standard InChI is InChI=1S/C21H19ClN6O/c1-13-3-6-16-9-15(5-8-18(16)24-13)11-28-12-19(26-27-28)21(29)23-10-17-7-4-14(2)25-20(17)22/h3-9,12H,10-11H2,1-2H3,(H,23,29). The Morgan fingerprint density at radius 1 is 1.07 bits per heavy atom. The molecule has 3 aromatic heterocycles. The third-order valence-corrected chi connectivity index (χ3v) is 4.84. The second-order valence-electron chi connectivity index (χ2n) is 6.87. The highest BCUT2D eigenvalue weighted by atomic mass is 35.5. The fourth-order valence-electron chi connectivity index (χ4n) is 2.99. The second-order valence-corrected chi connectivity index (χ2v) is 7.22. The molecule has 1 N–H and O–H groups in total. The lowest BCUT2D eigenvalue weighted by molar-refractivity contribution is 0.0946. The monoisotopic (exact) mass is 406 g/mol. The van der Waals surface area contributed by atoms with Crippen LogP contribution in [0.2, 0.25) is 5.15 Å². The van der Waals surface area contributed by atoms with E-state index in [1.807, 2.05) is 50.2 Å². The van der Waals surface area contributed by atoms with Crippen molar-refractivity contribution >= 4 is 28.4 Å². The summed E-state index contributed by atoms with van der Waals surface area (Å²) in [7, 11) is 0. The summed E-state index contributed by atoms with van der Waals surface area (Å²) >= 11 is 6.10. The molecular weight excluding hydrogens is 388 g/mol. The van der Waals surface area contributed by atoms with E-state index in [2.05, 4.69) is 31.7 Å². The molecule has 0 fully saturated rings. The molecule has 29 heavy (non-hydrogen) atoms. The Balaban J connectivity index is 1.42. The minimum atomic E-state index is -0.314. The summed E-state index contributed by atoms with van der Waals surface area (Å²) in [6.07, 6.45) is 1.63. The van der Waals surface area contributed by atoms with Crippen LogP contribution in [-0.2, 0) is 13.1 Å². The molecule has 7 nitrogen and oxygen atoms in total. The summed E-state index contributed by atoms with van der Waals surface area (Å²) in [5.74, 6) is -0.314. The smallest absolute Gasteiger partial charge is 0.273 e. The van der Waals surface area contributed by atoms with Gasteiger partial charge in [-0.3, -0.25) is 9.78 Å². The zero-order valence-electron chi connectivity index (χ0n) is 16.1. The van der Waals surface area contributed by atoms with Gasteiger partial charge in [0, 0.05) is 28.9 Å². The topological polar surface area (TPSA) is 85.6 Å².